The highest BCUT2D eigenvalue weighted by Crippen LogP contribution is 2.23. The van der Waals surface area contributed by atoms with Crippen molar-refractivity contribution in [2.75, 3.05) is 11.9 Å². The first kappa shape index (κ1) is 16.1. The van der Waals surface area contributed by atoms with Crippen LogP contribution in [0.5, 0.6) is 5.75 Å². The number of anilines is 1. The van der Waals surface area contributed by atoms with Crippen molar-refractivity contribution < 1.29 is 4.74 Å². The monoisotopic (exact) mass is 368 g/mol. The van der Waals surface area contributed by atoms with Crippen molar-refractivity contribution in [3.05, 3.63) is 51.7 Å². The summed E-state index contributed by atoms with van der Waals surface area (Å²) in [6, 6.07) is 10.0. The van der Waals surface area contributed by atoms with Gasteiger partial charge in [-0.2, -0.15) is 0 Å². The van der Waals surface area contributed by atoms with Crippen LogP contribution in [0.2, 0.25) is 5.15 Å². The molecule has 2 rings (SSSR count). The van der Waals surface area contributed by atoms with Crippen LogP contribution in [0, 0.1) is 0 Å². The highest BCUT2D eigenvalue weighted by atomic mass is 79.9. The fourth-order valence-electron chi connectivity index (χ4n) is 1.76. The average molecular weight is 370 g/mol. The summed E-state index contributed by atoms with van der Waals surface area (Å²) in [6.07, 6.45) is 3.95. The molecule has 0 radical (unpaired) electrons. The number of nitrogens with one attached hydrogen (secondary N) is 1. The quantitative estimate of drug-likeness (QED) is 0.532. The van der Waals surface area contributed by atoms with E-state index in [1.54, 1.807) is 6.20 Å². The van der Waals surface area contributed by atoms with E-state index in [0.717, 1.165) is 41.9 Å². The van der Waals surface area contributed by atoms with E-state index >= 15 is 0 Å². The second-order valence-corrected chi connectivity index (χ2v) is 5.91. The number of pyridine rings is 1. The van der Waals surface area contributed by atoms with Gasteiger partial charge in [-0.1, -0.05) is 37.1 Å². The van der Waals surface area contributed by atoms with Crippen molar-refractivity contribution in [3.8, 4) is 5.75 Å². The van der Waals surface area contributed by atoms with Gasteiger partial charge in [0, 0.05) is 6.54 Å². The Balaban J connectivity index is 1.86. The van der Waals surface area contributed by atoms with Gasteiger partial charge >= 0.3 is 0 Å². The van der Waals surface area contributed by atoms with Crippen LogP contribution < -0.4 is 10.1 Å². The number of hydrogen-bond acceptors (Lipinski definition) is 3. The lowest BCUT2D eigenvalue weighted by atomic mass is 10.2. The van der Waals surface area contributed by atoms with E-state index in [0.29, 0.717) is 5.15 Å². The van der Waals surface area contributed by atoms with Gasteiger partial charge in [0.2, 0.25) is 0 Å². The van der Waals surface area contributed by atoms with Gasteiger partial charge in [-0.3, -0.25) is 0 Å². The van der Waals surface area contributed by atoms with E-state index in [4.69, 9.17) is 16.3 Å². The summed E-state index contributed by atoms with van der Waals surface area (Å²) < 4.78 is 6.43. The van der Waals surface area contributed by atoms with Crippen LogP contribution >= 0.6 is 27.5 Å². The Kier molecular flexibility index (Phi) is 6.33. The Bertz CT molecular complexity index is 575. The van der Waals surface area contributed by atoms with E-state index in [2.05, 4.69) is 45.3 Å². The molecule has 21 heavy (non-hydrogen) atoms. The predicted octanol–water partition coefficient (Wildman–Crippen LogP) is 5.29. The Morgan fingerprint density at radius 2 is 2.05 bits per heavy atom. The van der Waals surface area contributed by atoms with Crippen LogP contribution in [0.3, 0.4) is 0 Å². The highest BCUT2D eigenvalue weighted by molar-refractivity contribution is 9.10. The molecule has 0 bridgehead atoms. The summed E-state index contributed by atoms with van der Waals surface area (Å²) in [5.41, 5.74) is 2.11. The van der Waals surface area contributed by atoms with Gasteiger partial charge in [0.1, 0.15) is 10.9 Å². The van der Waals surface area contributed by atoms with Crippen molar-refractivity contribution in [2.24, 2.45) is 0 Å². The molecule has 1 N–H and O–H groups in total. The number of unbranched alkanes of at least 4 members (excludes halogenated alkanes) is 1. The highest BCUT2D eigenvalue weighted by Gasteiger charge is 2.01. The van der Waals surface area contributed by atoms with Crippen molar-refractivity contribution in [3.63, 3.8) is 0 Å². The standard InChI is InChI=1S/C16H18BrClN2O/c1-2-3-8-21-14-6-4-12(5-7-14)10-19-13-9-15(17)16(18)20-11-13/h4-7,9,11,19H,2-3,8,10H2,1H3. The largest absolute Gasteiger partial charge is 0.494 e. The first-order valence-electron chi connectivity index (χ1n) is 6.95. The number of ether oxygens (including phenoxy) is 1. The van der Waals surface area contributed by atoms with Gasteiger partial charge in [-0.15, -0.1) is 0 Å². The fourth-order valence-corrected chi connectivity index (χ4v) is 2.21. The van der Waals surface area contributed by atoms with E-state index in [1.165, 1.54) is 5.56 Å². The molecule has 0 saturated carbocycles. The van der Waals surface area contributed by atoms with Gasteiger partial charge in [0.25, 0.3) is 0 Å². The molecule has 0 amide bonds. The molecule has 1 aromatic carbocycles. The molecule has 0 aliphatic carbocycles. The first-order chi connectivity index (χ1) is 10.2. The number of aromatic nitrogens is 1. The summed E-state index contributed by atoms with van der Waals surface area (Å²) in [5, 5.41) is 3.78. The lowest BCUT2D eigenvalue weighted by Gasteiger charge is -2.09. The molecule has 1 heterocycles. The molecule has 0 fully saturated rings. The second-order valence-electron chi connectivity index (χ2n) is 4.70. The minimum atomic E-state index is 0.467. The smallest absolute Gasteiger partial charge is 0.143 e. The summed E-state index contributed by atoms with van der Waals surface area (Å²) in [7, 11) is 0. The Hall–Kier alpha value is -1.26. The third kappa shape index (κ3) is 5.21. The minimum absolute atomic E-state index is 0.467. The molecule has 2 aromatic rings. The van der Waals surface area contributed by atoms with E-state index in [-0.39, 0.29) is 0 Å². The zero-order chi connectivity index (χ0) is 15.1. The molecule has 5 heteroatoms. The summed E-state index contributed by atoms with van der Waals surface area (Å²) in [5.74, 6) is 0.920. The van der Waals surface area contributed by atoms with Crippen LogP contribution in [0.1, 0.15) is 25.3 Å². The predicted molar refractivity (Wildman–Crippen MR) is 91.1 cm³/mol. The third-order valence-electron chi connectivity index (χ3n) is 2.98. The van der Waals surface area contributed by atoms with Crippen LogP contribution in [0.15, 0.2) is 41.0 Å². The van der Waals surface area contributed by atoms with Crippen LogP contribution in [0.4, 0.5) is 5.69 Å². The SMILES string of the molecule is CCCCOc1ccc(CNc2cnc(Cl)c(Br)c2)cc1. The molecule has 0 spiro atoms. The molecule has 0 aliphatic rings. The lowest BCUT2D eigenvalue weighted by molar-refractivity contribution is 0.309. The van der Waals surface area contributed by atoms with Crippen LogP contribution in [-0.4, -0.2) is 11.6 Å². The number of hydrogen-bond donors (Lipinski definition) is 1. The maximum atomic E-state index is 5.87. The zero-order valence-corrected chi connectivity index (χ0v) is 14.2. The number of rotatable bonds is 7. The van der Waals surface area contributed by atoms with Gasteiger partial charge < -0.3 is 10.1 Å². The van der Waals surface area contributed by atoms with Crippen LogP contribution in [-0.2, 0) is 6.54 Å². The van der Waals surface area contributed by atoms with Crippen molar-refractivity contribution in [2.45, 2.75) is 26.3 Å². The Labute approximate surface area is 138 Å². The van der Waals surface area contributed by atoms with Gasteiger partial charge in [0.15, 0.2) is 0 Å². The molecule has 1 aromatic heterocycles. The fraction of sp³-hybridized carbons (Fsp3) is 0.312. The normalized spacial score (nSPS) is 10.4. The van der Waals surface area contributed by atoms with Crippen LogP contribution in [0.25, 0.3) is 0 Å². The second kappa shape index (κ2) is 8.25. The topological polar surface area (TPSA) is 34.1 Å². The van der Waals surface area contributed by atoms with E-state index in [1.807, 2.05) is 18.2 Å². The zero-order valence-electron chi connectivity index (χ0n) is 11.9. The molecular formula is C16H18BrClN2O. The summed E-state index contributed by atoms with van der Waals surface area (Å²) in [4.78, 5) is 4.08. The maximum Gasteiger partial charge on any atom is 0.143 e. The summed E-state index contributed by atoms with van der Waals surface area (Å²) in [6.45, 7) is 3.66. The summed E-state index contributed by atoms with van der Waals surface area (Å²) >= 11 is 9.23. The molecule has 0 atom stereocenters. The van der Waals surface area contributed by atoms with Gasteiger partial charge in [-0.05, 0) is 46.1 Å². The maximum absolute atomic E-state index is 5.87. The molecule has 0 aliphatic heterocycles. The van der Waals surface area contributed by atoms with Crippen molar-refractivity contribution in [1.82, 2.24) is 4.98 Å². The Morgan fingerprint density at radius 3 is 2.71 bits per heavy atom. The van der Waals surface area contributed by atoms with Gasteiger partial charge in [-0.25, -0.2) is 4.98 Å². The minimum Gasteiger partial charge on any atom is -0.494 e. The number of halogens is 2. The van der Waals surface area contributed by atoms with Crippen molar-refractivity contribution in [1.29, 1.82) is 0 Å². The Morgan fingerprint density at radius 1 is 1.29 bits per heavy atom. The molecule has 0 unspecified atom stereocenters. The van der Waals surface area contributed by atoms with Crippen molar-refractivity contribution >= 4 is 33.2 Å². The molecule has 0 saturated heterocycles. The molecule has 3 nitrogen and oxygen atoms in total. The lowest BCUT2D eigenvalue weighted by Crippen LogP contribution is -2.00. The first-order valence-corrected chi connectivity index (χ1v) is 8.13. The number of benzene rings is 1. The molecule has 112 valence electrons. The van der Waals surface area contributed by atoms with E-state index < -0.39 is 0 Å². The number of nitrogens with zero attached hydrogens (tertiary/aromatic N) is 1. The average Bonchev–Trinajstić information content (AvgIpc) is 2.50. The third-order valence-corrected chi connectivity index (χ3v) is 4.12. The van der Waals surface area contributed by atoms with E-state index in [9.17, 15) is 0 Å². The van der Waals surface area contributed by atoms with Gasteiger partial charge in [0.05, 0.1) is 23.0 Å². The molecular weight excluding hydrogens is 352 g/mol.